The molecule has 6 heteroatoms. The summed E-state index contributed by atoms with van der Waals surface area (Å²) in [6.07, 6.45) is 7.37. The number of unbranched alkanes of at least 4 members (excludes halogenated alkanes) is 2. The van der Waals surface area contributed by atoms with Crippen molar-refractivity contribution >= 4 is 28.9 Å². The van der Waals surface area contributed by atoms with E-state index in [4.69, 9.17) is 0 Å². The minimum Gasteiger partial charge on any atom is -0.477 e. The Morgan fingerprint density at radius 1 is 1.20 bits per heavy atom. The zero-order valence-corrected chi connectivity index (χ0v) is 18.4. The average molecular weight is 430 g/mol. The molecule has 1 saturated heterocycles. The Morgan fingerprint density at radius 2 is 1.97 bits per heavy atom. The van der Waals surface area contributed by atoms with E-state index in [1.165, 1.54) is 11.3 Å². The van der Waals surface area contributed by atoms with E-state index in [0.717, 1.165) is 61.8 Å². The van der Waals surface area contributed by atoms with E-state index >= 15 is 0 Å². The van der Waals surface area contributed by atoms with Gasteiger partial charge in [-0.25, -0.2) is 4.79 Å². The molecular weight excluding hydrogens is 398 g/mol. The maximum Gasteiger partial charge on any atom is 0.346 e. The summed E-state index contributed by atoms with van der Waals surface area (Å²) in [5.74, 6) is -0.729. The highest BCUT2D eigenvalue weighted by molar-refractivity contribution is 7.12. The number of aromatic carboxylic acids is 1. The molecule has 0 radical (unpaired) electrons. The largest absolute Gasteiger partial charge is 0.477 e. The number of nitrogens with zero attached hydrogens (tertiary/aromatic N) is 1. The standard InChI is InChI=1S/C24H31NO4S/c1-2-3-4-8-21(26)17-9-11-20(12-10-17)25-19(13-14-22(25)27)7-5-6-18-15-16-30-23(18)24(28)29/h9-12,15-16,19,21,26H,2-8,13-14H2,1H3,(H,28,29)/t19-,21?/m0/s1. The number of benzene rings is 1. The minimum absolute atomic E-state index is 0.137. The molecule has 3 rings (SSSR count). The van der Waals surface area contributed by atoms with Crippen LogP contribution in [0.25, 0.3) is 0 Å². The van der Waals surface area contributed by atoms with Gasteiger partial charge in [0.15, 0.2) is 0 Å². The molecule has 30 heavy (non-hydrogen) atoms. The predicted molar refractivity (Wildman–Crippen MR) is 120 cm³/mol. The molecule has 1 amide bonds. The molecule has 2 aromatic rings. The van der Waals surface area contributed by atoms with Crippen LogP contribution in [0, 0.1) is 0 Å². The summed E-state index contributed by atoms with van der Waals surface area (Å²) < 4.78 is 0. The number of hydrogen-bond acceptors (Lipinski definition) is 4. The van der Waals surface area contributed by atoms with Crippen LogP contribution in [-0.4, -0.2) is 28.1 Å². The minimum atomic E-state index is -0.866. The molecule has 5 nitrogen and oxygen atoms in total. The van der Waals surface area contributed by atoms with E-state index in [1.807, 2.05) is 40.6 Å². The molecule has 2 N–H and O–H groups in total. The molecule has 1 unspecified atom stereocenters. The molecular formula is C24H31NO4S. The van der Waals surface area contributed by atoms with Gasteiger partial charge < -0.3 is 15.1 Å². The van der Waals surface area contributed by atoms with E-state index in [9.17, 15) is 19.8 Å². The molecule has 1 fully saturated rings. The fourth-order valence-corrected chi connectivity index (χ4v) is 5.02. The normalized spacial score (nSPS) is 17.5. The molecule has 2 atom stereocenters. The number of carbonyl (C=O) groups is 2. The predicted octanol–water partition coefficient (Wildman–Crippen LogP) is 5.58. The van der Waals surface area contributed by atoms with E-state index in [2.05, 4.69) is 6.92 Å². The lowest BCUT2D eigenvalue weighted by atomic mass is 10.0. The summed E-state index contributed by atoms with van der Waals surface area (Å²) in [5, 5.41) is 21.4. The van der Waals surface area contributed by atoms with Crippen LogP contribution in [0.4, 0.5) is 5.69 Å². The lowest BCUT2D eigenvalue weighted by Gasteiger charge is -2.25. The highest BCUT2D eigenvalue weighted by atomic mass is 32.1. The smallest absolute Gasteiger partial charge is 0.346 e. The van der Waals surface area contributed by atoms with Crippen molar-refractivity contribution < 1.29 is 19.8 Å². The Balaban J connectivity index is 1.59. The Kier molecular flexibility index (Phi) is 8.05. The summed E-state index contributed by atoms with van der Waals surface area (Å²) >= 11 is 1.26. The second-order valence-electron chi connectivity index (χ2n) is 8.03. The average Bonchev–Trinajstić information content (AvgIpc) is 3.35. The summed E-state index contributed by atoms with van der Waals surface area (Å²) in [5.41, 5.74) is 2.66. The molecule has 0 aliphatic carbocycles. The van der Waals surface area contributed by atoms with Crippen molar-refractivity contribution in [2.45, 2.75) is 76.9 Å². The lowest BCUT2D eigenvalue weighted by molar-refractivity contribution is -0.117. The number of thiophene rings is 1. The number of carbonyl (C=O) groups excluding carboxylic acids is 1. The van der Waals surface area contributed by atoms with Crippen LogP contribution in [0.3, 0.4) is 0 Å². The monoisotopic (exact) mass is 429 g/mol. The Morgan fingerprint density at radius 3 is 2.67 bits per heavy atom. The number of aryl methyl sites for hydroxylation is 1. The van der Waals surface area contributed by atoms with Crippen molar-refractivity contribution in [1.82, 2.24) is 0 Å². The highest BCUT2D eigenvalue weighted by Crippen LogP contribution is 2.31. The van der Waals surface area contributed by atoms with Gasteiger partial charge in [0.1, 0.15) is 4.88 Å². The molecule has 162 valence electrons. The molecule has 1 aromatic carbocycles. The van der Waals surface area contributed by atoms with Gasteiger partial charge in [-0.2, -0.15) is 0 Å². The van der Waals surface area contributed by atoms with Crippen molar-refractivity contribution in [3.8, 4) is 0 Å². The van der Waals surface area contributed by atoms with Crippen LogP contribution in [0.5, 0.6) is 0 Å². The molecule has 1 aliphatic heterocycles. The van der Waals surface area contributed by atoms with Gasteiger partial charge in [-0.1, -0.05) is 38.3 Å². The first kappa shape index (κ1) is 22.5. The summed E-state index contributed by atoms with van der Waals surface area (Å²) in [6, 6.07) is 9.77. The first-order chi connectivity index (χ1) is 14.5. The van der Waals surface area contributed by atoms with Gasteiger partial charge in [0, 0.05) is 18.2 Å². The van der Waals surface area contributed by atoms with E-state index in [1.54, 1.807) is 0 Å². The van der Waals surface area contributed by atoms with Gasteiger partial charge in [-0.15, -0.1) is 11.3 Å². The Hall–Kier alpha value is -2.18. The van der Waals surface area contributed by atoms with Crippen LogP contribution in [0.15, 0.2) is 35.7 Å². The van der Waals surface area contributed by atoms with Crippen LogP contribution in [-0.2, 0) is 11.2 Å². The number of amides is 1. The van der Waals surface area contributed by atoms with E-state index < -0.39 is 12.1 Å². The fourth-order valence-electron chi connectivity index (χ4n) is 4.23. The summed E-state index contributed by atoms with van der Waals surface area (Å²) in [4.78, 5) is 26.1. The van der Waals surface area contributed by atoms with Gasteiger partial charge in [-0.3, -0.25) is 4.79 Å². The first-order valence-electron chi connectivity index (χ1n) is 10.9. The zero-order valence-electron chi connectivity index (χ0n) is 17.5. The third kappa shape index (κ3) is 5.49. The summed E-state index contributed by atoms with van der Waals surface area (Å²) in [6.45, 7) is 2.15. The van der Waals surface area contributed by atoms with Crippen molar-refractivity contribution in [3.05, 3.63) is 51.7 Å². The van der Waals surface area contributed by atoms with Gasteiger partial charge in [0.2, 0.25) is 5.91 Å². The van der Waals surface area contributed by atoms with Crippen molar-refractivity contribution in [1.29, 1.82) is 0 Å². The molecule has 0 saturated carbocycles. The van der Waals surface area contributed by atoms with Gasteiger partial charge >= 0.3 is 5.97 Å². The Labute approximate surface area is 182 Å². The maximum atomic E-state index is 12.5. The van der Waals surface area contributed by atoms with Crippen molar-refractivity contribution in [3.63, 3.8) is 0 Å². The number of carboxylic acids is 1. The molecule has 2 heterocycles. The molecule has 1 aliphatic rings. The quantitative estimate of drug-likeness (QED) is 0.457. The van der Waals surface area contributed by atoms with Crippen LogP contribution >= 0.6 is 11.3 Å². The van der Waals surface area contributed by atoms with Gasteiger partial charge in [-0.05, 0) is 66.8 Å². The van der Waals surface area contributed by atoms with Crippen LogP contribution in [0.2, 0.25) is 0 Å². The second kappa shape index (κ2) is 10.7. The SMILES string of the molecule is CCCCCC(O)c1ccc(N2C(=O)CC[C@@H]2CCCc2ccsc2C(=O)O)cc1. The van der Waals surface area contributed by atoms with Gasteiger partial charge in [0.05, 0.1) is 6.10 Å². The third-order valence-corrected chi connectivity index (χ3v) is 6.83. The third-order valence-electron chi connectivity index (χ3n) is 5.89. The van der Waals surface area contributed by atoms with Crippen LogP contribution < -0.4 is 4.90 Å². The van der Waals surface area contributed by atoms with E-state index in [0.29, 0.717) is 17.7 Å². The highest BCUT2D eigenvalue weighted by Gasteiger charge is 2.31. The number of hydrogen-bond donors (Lipinski definition) is 2. The molecule has 1 aromatic heterocycles. The molecule has 0 spiro atoms. The summed E-state index contributed by atoms with van der Waals surface area (Å²) in [7, 11) is 0. The van der Waals surface area contributed by atoms with Crippen LogP contribution in [0.1, 0.15) is 85.2 Å². The topological polar surface area (TPSA) is 77.8 Å². The van der Waals surface area contributed by atoms with Gasteiger partial charge in [0.25, 0.3) is 0 Å². The Bertz CT molecular complexity index is 845. The number of aliphatic hydroxyl groups is 1. The molecule has 0 bridgehead atoms. The van der Waals surface area contributed by atoms with E-state index in [-0.39, 0.29) is 11.9 Å². The number of rotatable bonds is 11. The maximum absolute atomic E-state index is 12.5. The van der Waals surface area contributed by atoms with Crippen molar-refractivity contribution in [2.24, 2.45) is 0 Å². The first-order valence-corrected chi connectivity index (χ1v) is 11.8. The zero-order chi connectivity index (χ0) is 21.5. The lowest BCUT2D eigenvalue weighted by Crippen LogP contribution is -2.32. The second-order valence-corrected chi connectivity index (χ2v) is 8.95. The fraction of sp³-hybridized carbons (Fsp3) is 0.500. The number of carboxylic acid groups (broad SMARTS) is 1. The number of anilines is 1. The van der Waals surface area contributed by atoms with Crippen molar-refractivity contribution in [2.75, 3.05) is 4.90 Å². The number of aliphatic hydroxyl groups excluding tert-OH is 1.